The number of non-ortho nitro benzene ring substituents is 1. The van der Waals surface area contributed by atoms with Crippen molar-refractivity contribution in [2.24, 2.45) is 0 Å². The zero-order chi connectivity index (χ0) is 14.8. The van der Waals surface area contributed by atoms with Gasteiger partial charge in [0.25, 0.3) is 5.69 Å². The molecule has 108 valence electrons. The van der Waals surface area contributed by atoms with E-state index in [0.29, 0.717) is 0 Å². The fourth-order valence-electron chi connectivity index (χ4n) is 2.78. The lowest BCUT2D eigenvalue weighted by Gasteiger charge is -2.29. The van der Waals surface area contributed by atoms with Gasteiger partial charge in [-0.15, -0.1) is 0 Å². The standard InChI is InChI=1S/C16H17N3O2/c17-16-3-1-2-13-8-9-18(11-15(13)16)10-12-4-6-14(7-5-12)19(20)21/h1-7H,8-11,17H2. The zero-order valence-electron chi connectivity index (χ0n) is 11.7. The number of nitro benzene ring substituents is 1. The van der Waals surface area contributed by atoms with E-state index in [1.807, 2.05) is 24.3 Å². The van der Waals surface area contributed by atoms with Gasteiger partial charge in [0.2, 0.25) is 0 Å². The number of anilines is 1. The van der Waals surface area contributed by atoms with Gasteiger partial charge in [0.1, 0.15) is 0 Å². The maximum atomic E-state index is 10.7. The van der Waals surface area contributed by atoms with E-state index in [1.54, 1.807) is 12.1 Å². The van der Waals surface area contributed by atoms with Crippen LogP contribution in [0.15, 0.2) is 42.5 Å². The normalized spacial score (nSPS) is 14.7. The van der Waals surface area contributed by atoms with Crippen LogP contribution >= 0.6 is 0 Å². The van der Waals surface area contributed by atoms with Gasteiger partial charge in [0, 0.05) is 37.5 Å². The first-order valence-electron chi connectivity index (χ1n) is 6.95. The fourth-order valence-corrected chi connectivity index (χ4v) is 2.78. The van der Waals surface area contributed by atoms with Crippen molar-refractivity contribution >= 4 is 11.4 Å². The van der Waals surface area contributed by atoms with E-state index in [-0.39, 0.29) is 10.6 Å². The highest BCUT2D eigenvalue weighted by atomic mass is 16.6. The molecule has 0 saturated heterocycles. The summed E-state index contributed by atoms with van der Waals surface area (Å²) in [5, 5.41) is 10.7. The smallest absolute Gasteiger partial charge is 0.269 e. The predicted molar refractivity (Wildman–Crippen MR) is 81.8 cm³/mol. The molecule has 3 rings (SSSR count). The second kappa shape index (κ2) is 5.54. The van der Waals surface area contributed by atoms with Crippen LogP contribution in [0, 0.1) is 10.1 Å². The first-order valence-corrected chi connectivity index (χ1v) is 6.95. The van der Waals surface area contributed by atoms with Crippen LogP contribution < -0.4 is 5.73 Å². The van der Waals surface area contributed by atoms with Crippen molar-refractivity contribution in [3.05, 3.63) is 69.3 Å². The van der Waals surface area contributed by atoms with Crippen molar-refractivity contribution in [3.8, 4) is 0 Å². The molecule has 0 atom stereocenters. The third-order valence-corrected chi connectivity index (χ3v) is 3.94. The van der Waals surface area contributed by atoms with Crippen LogP contribution in [-0.4, -0.2) is 16.4 Å². The quantitative estimate of drug-likeness (QED) is 0.534. The number of rotatable bonds is 3. The Morgan fingerprint density at radius 1 is 1.19 bits per heavy atom. The number of hydrogen-bond donors (Lipinski definition) is 1. The fraction of sp³-hybridized carbons (Fsp3) is 0.250. The van der Waals surface area contributed by atoms with Crippen molar-refractivity contribution < 1.29 is 4.92 Å². The second-order valence-corrected chi connectivity index (χ2v) is 5.37. The van der Waals surface area contributed by atoms with Gasteiger partial charge in [-0.2, -0.15) is 0 Å². The largest absolute Gasteiger partial charge is 0.398 e. The van der Waals surface area contributed by atoms with Crippen LogP contribution in [0.4, 0.5) is 11.4 Å². The Kier molecular flexibility index (Phi) is 3.58. The predicted octanol–water partition coefficient (Wildman–Crippen LogP) is 2.74. The van der Waals surface area contributed by atoms with E-state index < -0.39 is 0 Å². The van der Waals surface area contributed by atoms with Crippen LogP contribution in [0.25, 0.3) is 0 Å². The third kappa shape index (κ3) is 2.87. The van der Waals surface area contributed by atoms with Gasteiger partial charge >= 0.3 is 0 Å². The van der Waals surface area contributed by atoms with E-state index in [0.717, 1.165) is 37.3 Å². The highest BCUT2D eigenvalue weighted by molar-refractivity contribution is 5.51. The summed E-state index contributed by atoms with van der Waals surface area (Å²) in [7, 11) is 0. The summed E-state index contributed by atoms with van der Waals surface area (Å²) in [5.41, 5.74) is 10.7. The van der Waals surface area contributed by atoms with Crippen molar-refractivity contribution in [2.75, 3.05) is 12.3 Å². The van der Waals surface area contributed by atoms with E-state index in [2.05, 4.69) is 11.0 Å². The Labute approximate surface area is 123 Å². The lowest BCUT2D eigenvalue weighted by atomic mass is 9.98. The minimum Gasteiger partial charge on any atom is -0.398 e. The number of nitro groups is 1. The Balaban J connectivity index is 1.72. The molecule has 0 aliphatic carbocycles. The van der Waals surface area contributed by atoms with Gasteiger partial charge in [0.05, 0.1) is 4.92 Å². The van der Waals surface area contributed by atoms with Gasteiger partial charge in [0.15, 0.2) is 0 Å². The topological polar surface area (TPSA) is 72.4 Å². The molecule has 5 nitrogen and oxygen atoms in total. The Hall–Kier alpha value is -2.40. The minimum atomic E-state index is -0.373. The molecule has 2 aromatic carbocycles. The summed E-state index contributed by atoms with van der Waals surface area (Å²) in [6.45, 7) is 2.60. The maximum Gasteiger partial charge on any atom is 0.269 e. The number of fused-ring (bicyclic) bond motifs is 1. The van der Waals surface area contributed by atoms with E-state index in [1.165, 1.54) is 11.1 Å². The number of nitrogen functional groups attached to an aromatic ring is 1. The molecular formula is C16H17N3O2. The van der Waals surface area contributed by atoms with Gasteiger partial charge in [-0.1, -0.05) is 24.3 Å². The molecule has 1 aliphatic rings. The highest BCUT2D eigenvalue weighted by Gasteiger charge is 2.18. The summed E-state index contributed by atoms with van der Waals surface area (Å²) < 4.78 is 0. The van der Waals surface area contributed by atoms with Crippen molar-refractivity contribution in [1.29, 1.82) is 0 Å². The van der Waals surface area contributed by atoms with Gasteiger partial charge in [-0.25, -0.2) is 0 Å². The van der Waals surface area contributed by atoms with Gasteiger partial charge < -0.3 is 5.73 Å². The Morgan fingerprint density at radius 3 is 2.67 bits per heavy atom. The van der Waals surface area contributed by atoms with Crippen molar-refractivity contribution in [1.82, 2.24) is 4.90 Å². The van der Waals surface area contributed by atoms with Crippen molar-refractivity contribution in [2.45, 2.75) is 19.5 Å². The van der Waals surface area contributed by atoms with Crippen LogP contribution in [0.2, 0.25) is 0 Å². The third-order valence-electron chi connectivity index (χ3n) is 3.94. The molecule has 0 amide bonds. The second-order valence-electron chi connectivity index (χ2n) is 5.37. The Bertz CT molecular complexity index is 668. The summed E-state index contributed by atoms with van der Waals surface area (Å²) in [5.74, 6) is 0. The number of benzene rings is 2. The van der Waals surface area contributed by atoms with Crippen LogP contribution in [0.1, 0.15) is 16.7 Å². The molecule has 0 spiro atoms. The summed E-state index contributed by atoms with van der Waals surface area (Å²) in [4.78, 5) is 12.6. The Morgan fingerprint density at radius 2 is 1.95 bits per heavy atom. The minimum absolute atomic E-state index is 0.131. The molecule has 0 fully saturated rings. The van der Waals surface area contributed by atoms with E-state index >= 15 is 0 Å². The van der Waals surface area contributed by atoms with Crippen LogP contribution in [0.5, 0.6) is 0 Å². The lowest BCUT2D eigenvalue weighted by molar-refractivity contribution is -0.384. The summed E-state index contributed by atoms with van der Waals surface area (Å²) >= 11 is 0. The summed E-state index contributed by atoms with van der Waals surface area (Å²) in [6.07, 6.45) is 0.993. The molecule has 5 heteroatoms. The first kappa shape index (κ1) is 13.6. The monoisotopic (exact) mass is 283 g/mol. The molecule has 0 saturated carbocycles. The van der Waals surface area contributed by atoms with E-state index in [4.69, 9.17) is 5.73 Å². The molecule has 0 aromatic heterocycles. The van der Waals surface area contributed by atoms with Crippen LogP contribution in [-0.2, 0) is 19.5 Å². The van der Waals surface area contributed by atoms with E-state index in [9.17, 15) is 10.1 Å². The SMILES string of the molecule is Nc1cccc2c1CN(Cc1ccc([N+](=O)[O-])cc1)CC2. The van der Waals surface area contributed by atoms with Crippen molar-refractivity contribution in [3.63, 3.8) is 0 Å². The van der Waals surface area contributed by atoms with Crippen LogP contribution in [0.3, 0.4) is 0 Å². The number of hydrogen-bond acceptors (Lipinski definition) is 4. The highest BCUT2D eigenvalue weighted by Crippen LogP contribution is 2.25. The average Bonchev–Trinajstić information content (AvgIpc) is 2.49. The maximum absolute atomic E-state index is 10.7. The first-order chi connectivity index (χ1) is 10.1. The van der Waals surface area contributed by atoms with Gasteiger partial charge in [-0.3, -0.25) is 15.0 Å². The zero-order valence-corrected chi connectivity index (χ0v) is 11.7. The lowest BCUT2D eigenvalue weighted by Crippen LogP contribution is -2.30. The molecule has 0 bridgehead atoms. The molecule has 21 heavy (non-hydrogen) atoms. The van der Waals surface area contributed by atoms with Gasteiger partial charge in [-0.05, 0) is 29.2 Å². The number of nitrogens with two attached hydrogens (primary N) is 1. The molecule has 1 aliphatic heterocycles. The molecule has 1 heterocycles. The number of nitrogens with zero attached hydrogens (tertiary/aromatic N) is 2. The molecular weight excluding hydrogens is 266 g/mol. The molecule has 0 unspecified atom stereocenters. The average molecular weight is 283 g/mol. The molecule has 2 N–H and O–H groups in total. The molecule has 0 radical (unpaired) electrons. The summed E-state index contributed by atoms with van der Waals surface area (Å²) in [6, 6.07) is 12.8. The molecule has 2 aromatic rings.